The molecule has 2 N–H and O–H groups in total. The Labute approximate surface area is 98.3 Å². The summed E-state index contributed by atoms with van der Waals surface area (Å²) in [7, 11) is -3.35. The normalized spacial score (nSPS) is 16.0. The zero-order chi connectivity index (χ0) is 12.0. The third kappa shape index (κ3) is 1.49. The summed E-state index contributed by atoms with van der Waals surface area (Å²) in [4.78, 5) is 7.94. The van der Waals surface area contributed by atoms with E-state index in [0.29, 0.717) is 5.69 Å². The summed E-state index contributed by atoms with van der Waals surface area (Å²) in [5.74, 6) is 0.0688. The van der Waals surface area contributed by atoms with Gasteiger partial charge < -0.3 is 5.73 Å². The topological polar surface area (TPSA) is 85.9 Å². The zero-order valence-electron chi connectivity index (χ0n) is 8.79. The van der Waals surface area contributed by atoms with Crippen molar-refractivity contribution in [3.05, 3.63) is 36.0 Å². The second kappa shape index (κ2) is 3.27. The average molecular weight is 247 g/mol. The third-order valence-electron chi connectivity index (χ3n) is 2.73. The van der Waals surface area contributed by atoms with Gasteiger partial charge in [0.25, 0.3) is 0 Å². The number of aromatic nitrogens is 2. The molecule has 1 aliphatic heterocycles. The van der Waals surface area contributed by atoms with Crippen molar-refractivity contribution in [3.63, 3.8) is 0 Å². The second-order valence-corrected chi connectivity index (χ2v) is 5.82. The van der Waals surface area contributed by atoms with Gasteiger partial charge in [0, 0.05) is 5.56 Å². The van der Waals surface area contributed by atoms with Crippen LogP contribution in [0.5, 0.6) is 0 Å². The minimum Gasteiger partial charge on any atom is -0.368 e. The molecule has 0 amide bonds. The van der Waals surface area contributed by atoms with Crippen molar-refractivity contribution in [2.75, 3.05) is 5.73 Å². The largest absolute Gasteiger partial charge is 0.368 e. The number of sulfone groups is 1. The highest BCUT2D eigenvalue weighted by Gasteiger charge is 2.29. The molecule has 6 heteroatoms. The van der Waals surface area contributed by atoms with Crippen molar-refractivity contribution in [2.45, 2.75) is 10.6 Å². The number of hydrogen-bond acceptors (Lipinski definition) is 5. The molecule has 0 saturated heterocycles. The lowest BCUT2D eigenvalue weighted by molar-refractivity contribution is 0.593. The lowest BCUT2D eigenvalue weighted by Crippen LogP contribution is -2.15. The number of benzene rings is 1. The van der Waals surface area contributed by atoms with Gasteiger partial charge >= 0.3 is 0 Å². The number of fused-ring (bicyclic) bond motifs is 3. The summed E-state index contributed by atoms with van der Waals surface area (Å²) in [5.41, 5.74) is 7.47. The summed E-state index contributed by atoms with van der Waals surface area (Å²) in [6.07, 6.45) is 1.28. The van der Waals surface area contributed by atoms with Crippen LogP contribution in [0.3, 0.4) is 0 Å². The minimum absolute atomic E-state index is 0.0105. The fourth-order valence-corrected chi connectivity index (χ4v) is 3.44. The molecule has 2 aromatic rings. The summed E-state index contributed by atoms with van der Waals surface area (Å²) < 4.78 is 24.1. The maximum atomic E-state index is 12.0. The molecule has 0 spiro atoms. The minimum atomic E-state index is -3.35. The monoisotopic (exact) mass is 247 g/mol. The Hall–Kier alpha value is -1.95. The maximum absolute atomic E-state index is 12.0. The van der Waals surface area contributed by atoms with Gasteiger partial charge in [0.15, 0.2) is 9.84 Å². The number of nitrogens with zero attached hydrogens (tertiary/aromatic N) is 2. The Bertz CT molecular complexity index is 710. The van der Waals surface area contributed by atoms with Gasteiger partial charge in [-0.2, -0.15) is 0 Å². The molecule has 0 saturated carbocycles. The number of rotatable bonds is 0. The molecule has 0 aliphatic carbocycles. The molecule has 17 heavy (non-hydrogen) atoms. The fourth-order valence-electron chi connectivity index (χ4n) is 1.96. The fraction of sp³-hybridized carbons (Fsp3) is 0.0909. The number of nitrogens with two attached hydrogens (primary N) is 1. The second-order valence-electron chi connectivity index (χ2n) is 3.86. The van der Waals surface area contributed by atoms with E-state index < -0.39 is 9.84 Å². The van der Waals surface area contributed by atoms with E-state index in [-0.39, 0.29) is 16.6 Å². The predicted octanol–water partition coefficient (Wildman–Crippen LogP) is 1.01. The lowest BCUT2D eigenvalue weighted by atomic mass is 10.1. The van der Waals surface area contributed by atoms with Crippen LogP contribution < -0.4 is 5.73 Å². The molecule has 1 aromatic heterocycles. The molecule has 0 atom stereocenters. The van der Waals surface area contributed by atoms with Gasteiger partial charge in [-0.3, -0.25) is 0 Å². The summed E-state index contributed by atoms with van der Waals surface area (Å²) in [6.45, 7) is 0. The number of anilines is 1. The molecular formula is C11H9N3O2S. The molecular weight excluding hydrogens is 238 g/mol. The molecule has 3 rings (SSSR count). The van der Waals surface area contributed by atoms with Gasteiger partial charge in [-0.05, 0) is 5.56 Å². The van der Waals surface area contributed by atoms with Gasteiger partial charge in [0.05, 0.1) is 17.6 Å². The molecule has 1 aliphatic rings. The van der Waals surface area contributed by atoms with E-state index in [0.717, 1.165) is 11.1 Å². The Morgan fingerprint density at radius 1 is 1.24 bits per heavy atom. The molecule has 86 valence electrons. The van der Waals surface area contributed by atoms with Crippen LogP contribution in [0.4, 0.5) is 5.95 Å². The van der Waals surface area contributed by atoms with E-state index in [4.69, 9.17) is 5.73 Å². The molecule has 0 radical (unpaired) electrons. The van der Waals surface area contributed by atoms with Crippen LogP contribution in [-0.4, -0.2) is 18.4 Å². The highest BCUT2D eigenvalue weighted by atomic mass is 32.2. The Morgan fingerprint density at radius 3 is 2.82 bits per heavy atom. The zero-order valence-corrected chi connectivity index (χ0v) is 9.61. The van der Waals surface area contributed by atoms with E-state index in [9.17, 15) is 8.42 Å². The molecule has 0 unspecified atom stereocenters. The third-order valence-corrected chi connectivity index (χ3v) is 4.39. The van der Waals surface area contributed by atoms with Crippen LogP contribution in [0.1, 0.15) is 5.56 Å². The predicted molar refractivity (Wildman–Crippen MR) is 62.8 cm³/mol. The summed E-state index contributed by atoms with van der Waals surface area (Å²) >= 11 is 0. The van der Waals surface area contributed by atoms with Gasteiger partial charge in [0.2, 0.25) is 5.95 Å². The van der Waals surface area contributed by atoms with Crippen molar-refractivity contribution in [1.29, 1.82) is 0 Å². The first-order valence-corrected chi connectivity index (χ1v) is 6.67. The standard InChI is InChI=1S/C11H9N3O2S/c12-11-13-5-9-10(14-11)8-4-2-1-3-7(8)6-17(9,15)16/h1-5H,6H2,(H2,12,13,14). The quantitative estimate of drug-likeness (QED) is 0.751. The first-order valence-electron chi connectivity index (χ1n) is 5.01. The van der Waals surface area contributed by atoms with Crippen LogP contribution in [0.25, 0.3) is 11.3 Å². The first-order chi connectivity index (χ1) is 8.08. The van der Waals surface area contributed by atoms with Crippen LogP contribution in [-0.2, 0) is 15.6 Å². The molecule has 0 bridgehead atoms. The first kappa shape index (κ1) is 10.2. The highest BCUT2D eigenvalue weighted by Crippen LogP contribution is 2.35. The number of hydrogen-bond donors (Lipinski definition) is 1. The summed E-state index contributed by atoms with van der Waals surface area (Å²) in [5, 5.41) is 0. The summed E-state index contributed by atoms with van der Waals surface area (Å²) in [6, 6.07) is 7.28. The van der Waals surface area contributed by atoms with Crippen molar-refractivity contribution < 1.29 is 8.42 Å². The molecule has 1 aromatic carbocycles. The van der Waals surface area contributed by atoms with Crippen molar-refractivity contribution in [2.24, 2.45) is 0 Å². The average Bonchev–Trinajstić information content (AvgIpc) is 2.28. The smallest absolute Gasteiger partial charge is 0.220 e. The number of nitrogen functional groups attached to an aromatic ring is 1. The Morgan fingerprint density at radius 2 is 2.00 bits per heavy atom. The van der Waals surface area contributed by atoms with Crippen molar-refractivity contribution >= 4 is 15.8 Å². The van der Waals surface area contributed by atoms with Crippen LogP contribution in [0.15, 0.2) is 35.4 Å². The molecule has 5 nitrogen and oxygen atoms in total. The maximum Gasteiger partial charge on any atom is 0.220 e. The van der Waals surface area contributed by atoms with Gasteiger partial charge in [-0.1, -0.05) is 24.3 Å². The van der Waals surface area contributed by atoms with Crippen LogP contribution >= 0.6 is 0 Å². The molecule has 0 fully saturated rings. The van der Waals surface area contributed by atoms with Crippen molar-refractivity contribution in [1.82, 2.24) is 9.97 Å². The van der Waals surface area contributed by atoms with E-state index in [2.05, 4.69) is 9.97 Å². The van der Waals surface area contributed by atoms with E-state index in [1.807, 2.05) is 18.2 Å². The highest BCUT2D eigenvalue weighted by molar-refractivity contribution is 7.90. The van der Waals surface area contributed by atoms with Gasteiger partial charge in [-0.15, -0.1) is 0 Å². The van der Waals surface area contributed by atoms with Gasteiger partial charge in [-0.25, -0.2) is 18.4 Å². The lowest BCUT2D eigenvalue weighted by Gasteiger charge is -2.18. The SMILES string of the molecule is Nc1ncc2c(n1)-c1ccccc1CS2(=O)=O. The van der Waals surface area contributed by atoms with Crippen LogP contribution in [0.2, 0.25) is 0 Å². The van der Waals surface area contributed by atoms with E-state index >= 15 is 0 Å². The van der Waals surface area contributed by atoms with Crippen LogP contribution in [0, 0.1) is 0 Å². The Kier molecular flexibility index (Phi) is 1.97. The van der Waals surface area contributed by atoms with Crippen molar-refractivity contribution in [3.8, 4) is 11.3 Å². The van der Waals surface area contributed by atoms with Gasteiger partial charge in [0.1, 0.15) is 4.90 Å². The van der Waals surface area contributed by atoms with E-state index in [1.165, 1.54) is 6.20 Å². The van der Waals surface area contributed by atoms with E-state index in [1.54, 1.807) is 6.07 Å². The Balaban J connectivity index is 2.42. The molecule has 2 heterocycles.